The second-order valence-corrected chi connectivity index (χ2v) is 8.91. The van der Waals surface area contributed by atoms with E-state index in [1.807, 2.05) is 37.5 Å². The zero-order valence-electron chi connectivity index (χ0n) is 16.9. The summed E-state index contributed by atoms with van der Waals surface area (Å²) in [5, 5.41) is 4.40. The molecule has 2 heterocycles. The number of nitrogens with two attached hydrogens (primary N) is 1. The molecule has 3 aromatic rings. The van der Waals surface area contributed by atoms with Crippen LogP contribution in [-0.2, 0) is 0 Å². The number of hydrogen-bond donors (Lipinski definition) is 2. The fourth-order valence-corrected chi connectivity index (χ4v) is 3.43. The third kappa shape index (κ3) is 4.51. The summed E-state index contributed by atoms with van der Waals surface area (Å²) < 4.78 is 5.67. The molecule has 3 rings (SSSR count). The van der Waals surface area contributed by atoms with Crippen molar-refractivity contribution in [3.8, 4) is 17.1 Å². The van der Waals surface area contributed by atoms with E-state index in [1.54, 1.807) is 13.2 Å². The summed E-state index contributed by atoms with van der Waals surface area (Å²) in [5.41, 5.74) is 8.34. The molecule has 3 N–H and O–H groups in total. The normalized spacial score (nSPS) is 10.8. The Kier molecular flexibility index (Phi) is 6.39. The second kappa shape index (κ2) is 8.97. The number of hydrogen-bond acceptors (Lipinski definition) is 7. The molecule has 0 amide bonds. The zero-order chi connectivity index (χ0) is 21.0. The molecule has 8 heteroatoms. The SMILES string of the molecule is CCC(=O)c1cnc(N)cc1Nc1cccc(-c2ncc(P(C)C)cn2)c1OC. The van der Waals surface area contributed by atoms with Crippen molar-refractivity contribution in [2.24, 2.45) is 0 Å². The Morgan fingerprint density at radius 3 is 2.48 bits per heavy atom. The lowest BCUT2D eigenvalue weighted by molar-refractivity contribution is 0.0988. The van der Waals surface area contributed by atoms with Crippen molar-refractivity contribution in [2.45, 2.75) is 13.3 Å². The van der Waals surface area contributed by atoms with Gasteiger partial charge in [0.1, 0.15) is 5.82 Å². The first kappa shape index (κ1) is 20.7. The van der Waals surface area contributed by atoms with Gasteiger partial charge in [0, 0.05) is 36.4 Å². The Bertz CT molecular complexity index is 1020. The van der Waals surface area contributed by atoms with E-state index in [2.05, 4.69) is 33.6 Å². The first-order valence-electron chi connectivity index (χ1n) is 9.17. The highest BCUT2D eigenvalue weighted by Gasteiger charge is 2.17. The maximum Gasteiger partial charge on any atom is 0.166 e. The lowest BCUT2D eigenvalue weighted by Gasteiger charge is -2.16. The topological polar surface area (TPSA) is 103 Å². The molecule has 0 unspecified atom stereocenters. The van der Waals surface area contributed by atoms with Gasteiger partial charge in [0.05, 0.1) is 29.6 Å². The molecule has 0 saturated heterocycles. The molecule has 0 atom stereocenters. The predicted molar refractivity (Wildman–Crippen MR) is 119 cm³/mol. The third-order valence-electron chi connectivity index (χ3n) is 4.43. The molecule has 0 fully saturated rings. The first-order valence-corrected chi connectivity index (χ1v) is 11.4. The number of aromatic nitrogens is 3. The first-order chi connectivity index (χ1) is 13.9. The molecule has 0 aliphatic rings. The number of nitrogen functional groups attached to an aromatic ring is 1. The fraction of sp³-hybridized carbons (Fsp3) is 0.238. The number of carbonyl (C=O) groups excluding carboxylic acids is 1. The van der Waals surface area contributed by atoms with Gasteiger partial charge in [-0.15, -0.1) is 0 Å². The maximum atomic E-state index is 12.3. The molecule has 0 bridgehead atoms. The van der Waals surface area contributed by atoms with Crippen LogP contribution in [0.1, 0.15) is 23.7 Å². The lowest BCUT2D eigenvalue weighted by Crippen LogP contribution is -2.07. The average Bonchev–Trinajstić information content (AvgIpc) is 2.73. The summed E-state index contributed by atoms with van der Waals surface area (Å²) in [6, 6.07) is 7.30. The number of pyridine rings is 1. The van der Waals surface area contributed by atoms with Crippen LogP contribution in [0.5, 0.6) is 5.75 Å². The quantitative estimate of drug-likeness (QED) is 0.451. The summed E-state index contributed by atoms with van der Waals surface area (Å²) in [6.07, 6.45) is 5.58. The molecule has 7 nitrogen and oxygen atoms in total. The van der Waals surface area contributed by atoms with E-state index in [0.717, 1.165) is 10.9 Å². The van der Waals surface area contributed by atoms with Gasteiger partial charge in [-0.25, -0.2) is 15.0 Å². The van der Waals surface area contributed by atoms with Crippen LogP contribution in [0.2, 0.25) is 0 Å². The highest BCUT2D eigenvalue weighted by Crippen LogP contribution is 2.37. The predicted octanol–water partition coefficient (Wildman–Crippen LogP) is 3.83. The molecule has 0 radical (unpaired) electrons. The smallest absolute Gasteiger partial charge is 0.166 e. The number of nitrogens with zero attached hydrogens (tertiary/aromatic N) is 3. The molecule has 0 aliphatic carbocycles. The van der Waals surface area contributed by atoms with Gasteiger partial charge in [-0.3, -0.25) is 4.79 Å². The number of ether oxygens (including phenoxy) is 1. The van der Waals surface area contributed by atoms with Crippen LogP contribution < -0.4 is 21.1 Å². The monoisotopic (exact) mass is 409 g/mol. The van der Waals surface area contributed by atoms with E-state index in [0.29, 0.717) is 40.8 Å². The van der Waals surface area contributed by atoms with Gasteiger partial charge < -0.3 is 15.8 Å². The molecule has 2 aromatic heterocycles. The van der Waals surface area contributed by atoms with E-state index < -0.39 is 0 Å². The van der Waals surface area contributed by atoms with E-state index in [4.69, 9.17) is 10.5 Å². The number of anilines is 3. The van der Waals surface area contributed by atoms with Crippen LogP contribution in [0.4, 0.5) is 17.2 Å². The van der Waals surface area contributed by atoms with Gasteiger partial charge in [0.15, 0.2) is 17.4 Å². The Morgan fingerprint density at radius 2 is 1.86 bits per heavy atom. The number of para-hydroxylation sites is 1. The fourth-order valence-electron chi connectivity index (χ4n) is 2.86. The molecular weight excluding hydrogens is 385 g/mol. The number of methoxy groups -OCH3 is 1. The van der Waals surface area contributed by atoms with Crippen LogP contribution >= 0.6 is 7.92 Å². The van der Waals surface area contributed by atoms with Gasteiger partial charge in [0.25, 0.3) is 0 Å². The van der Waals surface area contributed by atoms with Gasteiger partial charge >= 0.3 is 0 Å². The van der Waals surface area contributed by atoms with Crippen molar-refractivity contribution >= 4 is 36.2 Å². The van der Waals surface area contributed by atoms with E-state index in [1.165, 1.54) is 6.20 Å². The zero-order valence-corrected chi connectivity index (χ0v) is 17.8. The molecule has 29 heavy (non-hydrogen) atoms. The number of Topliss-reactive ketones (excluding diaryl/α,β-unsaturated/α-hetero) is 1. The van der Waals surface area contributed by atoms with Crippen molar-refractivity contribution in [2.75, 3.05) is 31.5 Å². The van der Waals surface area contributed by atoms with Crippen LogP contribution in [0.3, 0.4) is 0 Å². The van der Waals surface area contributed by atoms with Crippen molar-refractivity contribution in [3.63, 3.8) is 0 Å². The molecule has 150 valence electrons. The highest BCUT2D eigenvalue weighted by atomic mass is 31.1. The molecule has 0 saturated carbocycles. The van der Waals surface area contributed by atoms with Crippen molar-refractivity contribution in [1.29, 1.82) is 0 Å². The summed E-state index contributed by atoms with van der Waals surface area (Å²) in [4.78, 5) is 25.4. The number of benzene rings is 1. The summed E-state index contributed by atoms with van der Waals surface area (Å²) >= 11 is 0. The number of nitrogens with one attached hydrogen (secondary N) is 1. The summed E-state index contributed by atoms with van der Waals surface area (Å²) in [7, 11) is 1.33. The number of carbonyl (C=O) groups is 1. The minimum absolute atomic E-state index is 0.0235. The summed E-state index contributed by atoms with van der Waals surface area (Å²) in [6.45, 7) is 6.13. The van der Waals surface area contributed by atoms with E-state index >= 15 is 0 Å². The molecular formula is C21H24N5O2P. The number of ketones is 1. The second-order valence-electron chi connectivity index (χ2n) is 6.60. The average molecular weight is 409 g/mol. The van der Waals surface area contributed by atoms with Gasteiger partial charge in [-0.1, -0.05) is 20.9 Å². The maximum absolute atomic E-state index is 12.3. The number of rotatable bonds is 7. The third-order valence-corrected chi connectivity index (χ3v) is 5.69. The van der Waals surface area contributed by atoms with E-state index in [9.17, 15) is 4.79 Å². The minimum Gasteiger partial charge on any atom is -0.494 e. The Labute approximate surface area is 171 Å². The van der Waals surface area contributed by atoms with Crippen molar-refractivity contribution < 1.29 is 9.53 Å². The van der Waals surface area contributed by atoms with Gasteiger partial charge in [0.2, 0.25) is 0 Å². The summed E-state index contributed by atoms with van der Waals surface area (Å²) in [5.74, 6) is 1.46. The highest BCUT2D eigenvalue weighted by molar-refractivity contribution is 7.64. The molecule has 0 spiro atoms. The Hall–Kier alpha value is -3.05. The Balaban J connectivity index is 2.03. The Morgan fingerprint density at radius 1 is 1.14 bits per heavy atom. The van der Waals surface area contributed by atoms with Crippen LogP contribution in [0.25, 0.3) is 11.4 Å². The van der Waals surface area contributed by atoms with Gasteiger partial charge in [-0.2, -0.15) is 0 Å². The van der Waals surface area contributed by atoms with E-state index in [-0.39, 0.29) is 13.7 Å². The largest absolute Gasteiger partial charge is 0.494 e. The standard InChI is InChI=1S/C21H24N5O2P/c1-5-18(27)15-12-23-19(22)9-17(15)26-16-8-6-7-14(20(16)28-2)21-24-10-13(11-25-21)29(3)4/h6-12H,5H2,1-4H3,(H3,22,23,26). The van der Waals surface area contributed by atoms with Crippen LogP contribution in [0.15, 0.2) is 42.9 Å². The van der Waals surface area contributed by atoms with Crippen molar-refractivity contribution in [1.82, 2.24) is 15.0 Å². The molecule has 0 aliphatic heterocycles. The molecule has 1 aromatic carbocycles. The van der Waals surface area contributed by atoms with Crippen molar-refractivity contribution in [3.05, 3.63) is 48.4 Å². The van der Waals surface area contributed by atoms with Crippen LogP contribution in [-0.4, -0.2) is 41.2 Å². The minimum atomic E-state index is -0.261. The van der Waals surface area contributed by atoms with Gasteiger partial charge in [-0.05, 0) is 25.5 Å². The van der Waals surface area contributed by atoms with Crippen LogP contribution in [0, 0.1) is 0 Å². The lowest BCUT2D eigenvalue weighted by atomic mass is 10.1.